The van der Waals surface area contributed by atoms with Crippen LogP contribution < -0.4 is 5.32 Å². The van der Waals surface area contributed by atoms with Gasteiger partial charge in [0.25, 0.3) is 0 Å². The van der Waals surface area contributed by atoms with Gasteiger partial charge in [-0.15, -0.1) is 11.3 Å². The van der Waals surface area contributed by atoms with Crippen molar-refractivity contribution in [2.45, 2.75) is 25.2 Å². The minimum absolute atomic E-state index is 0.651. The van der Waals surface area contributed by atoms with Crippen LogP contribution in [0.3, 0.4) is 0 Å². The molecule has 1 N–H and O–H groups in total. The molecule has 3 rings (SSSR count). The average Bonchev–Trinajstić information content (AvgIpc) is 2.73. The summed E-state index contributed by atoms with van der Waals surface area (Å²) in [5, 5.41) is 6.90. The minimum atomic E-state index is 0.651. The number of thiazole rings is 1. The highest BCUT2D eigenvalue weighted by Gasteiger charge is 2.21. The molecule has 2 saturated heterocycles. The number of aromatic nitrogens is 1. The van der Waals surface area contributed by atoms with Gasteiger partial charge in [0.15, 0.2) is 0 Å². The van der Waals surface area contributed by atoms with Crippen molar-refractivity contribution in [3.63, 3.8) is 0 Å². The first-order valence-corrected chi connectivity index (χ1v) is 7.02. The van der Waals surface area contributed by atoms with Gasteiger partial charge < -0.3 is 10.1 Å². The van der Waals surface area contributed by atoms with Gasteiger partial charge in [0.1, 0.15) is 0 Å². The molecule has 0 amide bonds. The molecule has 0 radical (unpaired) electrons. The van der Waals surface area contributed by atoms with Gasteiger partial charge in [-0.05, 0) is 31.8 Å². The lowest BCUT2D eigenvalue weighted by atomic mass is 9.97. The number of ether oxygens (including phenoxy) is 1. The van der Waals surface area contributed by atoms with Crippen molar-refractivity contribution in [1.82, 2.24) is 10.3 Å². The molecule has 2 aliphatic rings. The van der Waals surface area contributed by atoms with Crippen molar-refractivity contribution in [2.24, 2.45) is 5.92 Å². The Hall–Kier alpha value is -0.450. The Morgan fingerprint density at radius 3 is 2.88 bits per heavy atom. The molecule has 3 nitrogen and oxygen atoms in total. The van der Waals surface area contributed by atoms with Gasteiger partial charge in [0, 0.05) is 30.9 Å². The maximum absolute atomic E-state index is 5.39. The molecular weight excluding hydrogens is 220 g/mol. The van der Waals surface area contributed by atoms with Crippen LogP contribution in [0.1, 0.15) is 29.5 Å². The third kappa shape index (κ3) is 2.29. The van der Waals surface area contributed by atoms with Crippen molar-refractivity contribution in [3.8, 4) is 0 Å². The Balaban J connectivity index is 1.61. The van der Waals surface area contributed by atoms with Crippen LogP contribution >= 0.6 is 11.3 Å². The van der Waals surface area contributed by atoms with E-state index in [0.717, 1.165) is 32.0 Å². The monoisotopic (exact) mass is 238 g/mol. The molecule has 0 bridgehead atoms. The van der Waals surface area contributed by atoms with Gasteiger partial charge in [-0.3, -0.25) is 0 Å². The summed E-state index contributed by atoms with van der Waals surface area (Å²) < 4.78 is 5.39. The summed E-state index contributed by atoms with van der Waals surface area (Å²) in [5.74, 6) is 1.48. The Kier molecular flexibility index (Phi) is 3.22. The Labute approximate surface area is 100 Å². The summed E-state index contributed by atoms with van der Waals surface area (Å²) >= 11 is 1.84. The Morgan fingerprint density at radius 1 is 1.38 bits per heavy atom. The van der Waals surface area contributed by atoms with E-state index >= 15 is 0 Å². The normalized spacial score (nSPS) is 23.2. The van der Waals surface area contributed by atoms with E-state index in [1.54, 1.807) is 0 Å². The minimum Gasteiger partial charge on any atom is -0.381 e. The molecule has 3 heterocycles. The van der Waals surface area contributed by atoms with Crippen molar-refractivity contribution in [3.05, 3.63) is 16.1 Å². The number of hydrogen-bond acceptors (Lipinski definition) is 4. The third-order valence-electron chi connectivity index (χ3n) is 3.54. The third-order valence-corrected chi connectivity index (χ3v) is 4.43. The summed E-state index contributed by atoms with van der Waals surface area (Å²) in [4.78, 5) is 4.79. The quantitative estimate of drug-likeness (QED) is 0.872. The molecule has 4 heteroatoms. The molecule has 1 aromatic heterocycles. The van der Waals surface area contributed by atoms with Crippen LogP contribution in [-0.2, 0) is 11.2 Å². The van der Waals surface area contributed by atoms with Crippen molar-refractivity contribution < 1.29 is 4.74 Å². The maximum Gasteiger partial charge on any atom is 0.0932 e. The molecule has 16 heavy (non-hydrogen) atoms. The van der Waals surface area contributed by atoms with Crippen LogP contribution in [0.4, 0.5) is 0 Å². The molecule has 0 aromatic carbocycles. The van der Waals surface area contributed by atoms with E-state index in [4.69, 9.17) is 9.72 Å². The lowest BCUT2D eigenvalue weighted by Crippen LogP contribution is -2.43. The molecule has 1 aromatic rings. The summed E-state index contributed by atoms with van der Waals surface area (Å²) in [6, 6.07) is 0. The van der Waals surface area contributed by atoms with E-state index in [9.17, 15) is 0 Å². The van der Waals surface area contributed by atoms with Gasteiger partial charge in [0.05, 0.1) is 10.7 Å². The van der Waals surface area contributed by atoms with Crippen LogP contribution in [0.25, 0.3) is 0 Å². The molecular formula is C12H18N2OS. The molecule has 0 saturated carbocycles. The first kappa shape index (κ1) is 10.7. The summed E-state index contributed by atoms with van der Waals surface area (Å²) in [6.45, 7) is 4.16. The van der Waals surface area contributed by atoms with Crippen molar-refractivity contribution in [1.29, 1.82) is 0 Å². The maximum atomic E-state index is 5.39. The van der Waals surface area contributed by atoms with Gasteiger partial charge in [-0.1, -0.05) is 0 Å². The second-order valence-electron chi connectivity index (χ2n) is 4.78. The molecule has 0 atom stereocenters. The molecule has 0 unspecified atom stereocenters. The number of nitrogens with zero attached hydrogens (tertiary/aromatic N) is 1. The molecule has 88 valence electrons. The standard InChI is InChI=1S/C12H18N2OS/c1-3-15-4-2-10(1)11-8-16-12(14-11)5-9-6-13-7-9/h8-10,13H,1-7H2. The predicted octanol–water partition coefficient (Wildman–Crippen LogP) is 1.80. The highest BCUT2D eigenvalue weighted by molar-refractivity contribution is 7.09. The van der Waals surface area contributed by atoms with E-state index in [1.165, 1.54) is 30.2 Å². The van der Waals surface area contributed by atoms with Crippen molar-refractivity contribution >= 4 is 11.3 Å². The Morgan fingerprint density at radius 2 is 2.19 bits per heavy atom. The first-order valence-electron chi connectivity index (χ1n) is 6.14. The van der Waals surface area contributed by atoms with E-state index in [0.29, 0.717) is 5.92 Å². The van der Waals surface area contributed by atoms with E-state index in [2.05, 4.69) is 10.7 Å². The van der Waals surface area contributed by atoms with Crippen LogP contribution in [0.15, 0.2) is 5.38 Å². The SMILES string of the molecule is c1sc(CC2CNC2)nc1C1CCOCC1. The lowest BCUT2D eigenvalue weighted by Gasteiger charge is -2.26. The van der Waals surface area contributed by atoms with Gasteiger partial charge in [-0.25, -0.2) is 4.98 Å². The average molecular weight is 238 g/mol. The van der Waals surface area contributed by atoms with Crippen LogP contribution in [-0.4, -0.2) is 31.3 Å². The number of nitrogens with one attached hydrogen (secondary N) is 1. The highest BCUT2D eigenvalue weighted by atomic mass is 32.1. The first-order chi connectivity index (χ1) is 7.92. The van der Waals surface area contributed by atoms with Gasteiger partial charge in [-0.2, -0.15) is 0 Å². The lowest BCUT2D eigenvalue weighted by molar-refractivity contribution is 0.0846. The number of hydrogen-bond donors (Lipinski definition) is 1. The zero-order valence-electron chi connectivity index (χ0n) is 9.45. The van der Waals surface area contributed by atoms with E-state index in [-0.39, 0.29) is 0 Å². The molecule has 0 spiro atoms. The van der Waals surface area contributed by atoms with Crippen molar-refractivity contribution in [2.75, 3.05) is 26.3 Å². The fraction of sp³-hybridized carbons (Fsp3) is 0.750. The van der Waals surface area contributed by atoms with Gasteiger partial charge in [0.2, 0.25) is 0 Å². The highest BCUT2D eigenvalue weighted by Crippen LogP contribution is 2.28. The van der Waals surface area contributed by atoms with Crippen LogP contribution in [0.5, 0.6) is 0 Å². The van der Waals surface area contributed by atoms with Crippen LogP contribution in [0, 0.1) is 5.92 Å². The fourth-order valence-corrected chi connectivity index (χ4v) is 3.33. The topological polar surface area (TPSA) is 34.2 Å². The second kappa shape index (κ2) is 4.82. The molecule has 2 aliphatic heterocycles. The second-order valence-corrected chi connectivity index (χ2v) is 5.72. The summed E-state index contributed by atoms with van der Waals surface area (Å²) in [7, 11) is 0. The zero-order chi connectivity index (χ0) is 10.8. The largest absolute Gasteiger partial charge is 0.381 e. The smallest absolute Gasteiger partial charge is 0.0932 e. The number of rotatable bonds is 3. The fourth-order valence-electron chi connectivity index (χ4n) is 2.34. The summed E-state index contributed by atoms with van der Waals surface area (Å²) in [6.07, 6.45) is 3.46. The van der Waals surface area contributed by atoms with Crippen LogP contribution in [0.2, 0.25) is 0 Å². The molecule has 2 fully saturated rings. The van der Waals surface area contributed by atoms with E-state index in [1.807, 2.05) is 11.3 Å². The molecule has 0 aliphatic carbocycles. The van der Waals surface area contributed by atoms with E-state index < -0.39 is 0 Å². The predicted molar refractivity (Wildman–Crippen MR) is 65.0 cm³/mol. The zero-order valence-corrected chi connectivity index (χ0v) is 10.3. The Bertz CT molecular complexity index is 343. The van der Waals surface area contributed by atoms with Gasteiger partial charge >= 0.3 is 0 Å². The summed E-state index contributed by atoms with van der Waals surface area (Å²) in [5.41, 5.74) is 1.32.